The van der Waals surface area contributed by atoms with Gasteiger partial charge in [-0.2, -0.15) is 0 Å². The normalized spacial score (nSPS) is 25.1. The van der Waals surface area contributed by atoms with Crippen molar-refractivity contribution >= 4 is 0 Å². The van der Waals surface area contributed by atoms with Crippen molar-refractivity contribution in [1.82, 2.24) is 10.2 Å². The van der Waals surface area contributed by atoms with Gasteiger partial charge in [0.05, 0.1) is 6.10 Å². The van der Waals surface area contributed by atoms with Crippen LogP contribution in [0.4, 0.5) is 0 Å². The molecule has 2 atom stereocenters. The van der Waals surface area contributed by atoms with Crippen LogP contribution in [0.25, 0.3) is 0 Å². The van der Waals surface area contributed by atoms with Crippen LogP contribution in [0.1, 0.15) is 52.9 Å². The Labute approximate surface area is 120 Å². The molecule has 19 heavy (non-hydrogen) atoms. The van der Waals surface area contributed by atoms with Gasteiger partial charge in [0.25, 0.3) is 0 Å². The van der Waals surface area contributed by atoms with E-state index in [0.29, 0.717) is 12.1 Å². The molecular formula is C16H34N2O. The zero-order valence-corrected chi connectivity index (χ0v) is 13.5. The Morgan fingerprint density at radius 3 is 2.63 bits per heavy atom. The van der Waals surface area contributed by atoms with Crippen LogP contribution in [0.5, 0.6) is 0 Å². The predicted octanol–water partition coefficient (Wildman–Crippen LogP) is 2.90. The average Bonchev–Trinajstić information content (AvgIpc) is 2.39. The lowest BCUT2D eigenvalue weighted by Gasteiger charge is -2.36. The number of rotatable bonds is 9. The van der Waals surface area contributed by atoms with E-state index in [1.54, 1.807) is 0 Å². The van der Waals surface area contributed by atoms with Crippen LogP contribution in [-0.4, -0.2) is 50.3 Å². The van der Waals surface area contributed by atoms with Crippen LogP contribution < -0.4 is 5.32 Å². The Morgan fingerprint density at radius 1 is 1.21 bits per heavy atom. The Kier molecular flexibility index (Phi) is 8.67. The average molecular weight is 270 g/mol. The third-order valence-corrected chi connectivity index (χ3v) is 4.23. The number of unbranched alkanes of at least 4 members (excludes halogenated alkanes) is 3. The molecule has 1 N–H and O–H groups in total. The molecule has 0 aromatic carbocycles. The van der Waals surface area contributed by atoms with Crippen LogP contribution in [0.2, 0.25) is 0 Å². The van der Waals surface area contributed by atoms with E-state index in [4.69, 9.17) is 4.74 Å². The molecule has 0 spiro atoms. The van der Waals surface area contributed by atoms with Gasteiger partial charge in [0.2, 0.25) is 0 Å². The zero-order chi connectivity index (χ0) is 14.1. The molecule has 0 amide bonds. The van der Waals surface area contributed by atoms with E-state index in [1.807, 2.05) is 7.11 Å². The molecule has 0 radical (unpaired) electrons. The summed E-state index contributed by atoms with van der Waals surface area (Å²) in [6.07, 6.45) is 7.12. The van der Waals surface area contributed by atoms with Crippen LogP contribution in [-0.2, 0) is 4.74 Å². The molecule has 0 aliphatic carbocycles. The molecular weight excluding hydrogens is 236 g/mol. The number of likely N-dealkylation sites (tertiary alicyclic amines) is 1. The minimum absolute atomic E-state index is 0.448. The molecule has 0 bridgehead atoms. The molecule has 0 aromatic heterocycles. The second-order valence-electron chi connectivity index (χ2n) is 6.36. The van der Waals surface area contributed by atoms with Crippen LogP contribution in [0.15, 0.2) is 0 Å². The van der Waals surface area contributed by atoms with Gasteiger partial charge in [-0.3, -0.25) is 0 Å². The molecule has 2 unspecified atom stereocenters. The molecule has 0 saturated carbocycles. The summed E-state index contributed by atoms with van der Waals surface area (Å²) in [5.74, 6) is 0.725. The van der Waals surface area contributed by atoms with Crippen LogP contribution in [0.3, 0.4) is 0 Å². The summed E-state index contributed by atoms with van der Waals surface area (Å²) >= 11 is 0. The van der Waals surface area contributed by atoms with Crippen molar-refractivity contribution < 1.29 is 4.74 Å². The van der Waals surface area contributed by atoms with Gasteiger partial charge in [-0.15, -0.1) is 0 Å². The van der Waals surface area contributed by atoms with Crippen molar-refractivity contribution in [3.05, 3.63) is 0 Å². The largest absolute Gasteiger partial charge is 0.380 e. The summed E-state index contributed by atoms with van der Waals surface area (Å²) in [7, 11) is 1.85. The smallest absolute Gasteiger partial charge is 0.0724 e. The Bertz CT molecular complexity index is 221. The summed E-state index contributed by atoms with van der Waals surface area (Å²) in [5, 5.41) is 3.48. The van der Waals surface area contributed by atoms with Crippen molar-refractivity contribution in [1.29, 1.82) is 0 Å². The molecule has 1 saturated heterocycles. The molecule has 3 nitrogen and oxygen atoms in total. The summed E-state index contributed by atoms with van der Waals surface area (Å²) in [6, 6.07) is 0.626. The number of nitrogens with one attached hydrogen (secondary N) is 1. The van der Waals surface area contributed by atoms with Crippen molar-refractivity contribution in [2.75, 3.05) is 33.3 Å². The molecule has 0 aromatic rings. The van der Waals surface area contributed by atoms with Gasteiger partial charge in [-0.25, -0.2) is 0 Å². The van der Waals surface area contributed by atoms with Crippen molar-refractivity contribution in [2.45, 2.75) is 65.0 Å². The molecule has 3 heteroatoms. The Balaban J connectivity index is 1.97. The Hall–Kier alpha value is -0.120. The van der Waals surface area contributed by atoms with E-state index in [-0.39, 0.29) is 0 Å². The quantitative estimate of drug-likeness (QED) is 0.652. The fraction of sp³-hybridized carbons (Fsp3) is 1.00. The number of hydrogen-bond donors (Lipinski definition) is 1. The lowest BCUT2D eigenvalue weighted by Crippen LogP contribution is -2.44. The third kappa shape index (κ3) is 7.28. The molecule has 1 fully saturated rings. The number of ether oxygens (including phenoxy) is 1. The van der Waals surface area contributed by atoms with E-state index in [2.05, 4.69) is 31.0 Å². The number of hydrogen-bond acceptors (Lipinski definition) is 3. The second kappa shape index (κ2) is 9.73. The maximum Gasteiger partial charge on any atom is 0.0724 e. The lowest BCUT2D eigenvalue weighted by atomic mass is 9.95. The lowest BCUT2D eigenvalue weighted by molar-refractivity contribution is -0.00525. The summed E-state index contributed by atoms with van der Waals surface area (Å²) in [6.45, 7) is 11.6. The highest BCUT2D eigenvalue weighted by molar-refractivity contribution is 4.78. The zero-order valence-electron chi connectivity index (χ0n) is 13.5. The van der Waals surface area contributed by atoms with Gasteiger partial charge in [0, 0.05) is 19.7 Å². The van der Waals surface area contributed by atoms with Gasteiger partial charge in [-0.1, -0.05) is 33.6 Å². The molecule has 1 aliphatic rings. The number of methoxy groups -OCH3 is 1. The topological polar surface area (TPSA) is 24.5 Å². The fourth-order valence-corrected chi connectivity index (χ4v) is 2.81. The van der Waals surface area contributed by atoms with Gasteiger partial charge >= 0.3 is 0 Å². The van der Waals surface area contributed by atoms with Crippen LogP contribution in [0, 0.1) is 5.92 Å². The summed E-state index contributed by atoms with van der Waals surface area (Å²) in [4.78, 5) is 2.58. The first-order chi connectivity index (χ1) is 9.13. The minimum Gasteiger partial charge on any atom is -0.380 e. The molecule has 1 rings (SSSR count). The third-order valence-electron chi connectivity index (χ3n) is 4.23. The van der Waals surface area contributed by atoms with Gasteiger partial charge in [0.15, 0.2) is 0 Å². The van der Waals surface area contributed by atoms with Crippen LogP contribution >= 0.6 is 0 Å². The highest BCUT2D eigenvalue weighted by Crippen LogP contribution is 2.19. The standard InChI is InChI=1S/C16H34N2O/c1-14(2)17-10-7-5-6-8-11-18-12-9-15(3)16(13-18)19-4/h14-17H,5-13H2,1-4H3. The van der Waals surface area contributed by atoms with E-state index in [9.17, 15) is 0 Å². The first-order valence-corrected chi connectivity index (χ1v) is 8.12. The first kappa shape index (κ1) is 16.9. The number of nitrogens with zero attached hydrogens (tertiary/aromatic N) is 1. The van der Waals surface area contributed by atoms with Gasteiger partial charge < -0.3 is 15.0 Å². The molecule has 114 valence electrons. The van der Waals surface area contributed by atoms with Gasteiger partial charge in [0.1, 0.15) is 0 Å². The Morgan fingerprint density at radius 2 is 1.95 bits per heavy atom. The highest BCUT2D eigenvalue weighted by Gasteiger charge is 2.25. The SMILES string of the molecule is COC1CN(CCCCCCNC(C)C)CCC1C. The molecule has 1 aliphatic heterocycles. The predicted molar refractivity (Wildman–Crippen MR) is 82.6 cm³/mol. The highest BCUT2D eigenvalue weighted by atomic mass is 16.5. The van der Waals surface area contributed by atoms with Crippen molar-refractivity contribution in [3.8, 4) is 0 Å². The van der Waals surface area contributed by atoms with E-state index in [0.717, 1.165) is 12.5 Å². The number of piperidine rings is 1. The summed E-state index contributed by atoms with van der Waals surface area (Å²) < 4.78 is 5.57. The van der Waals surface area contributed by atoms with Crippen molar-refractivity contribution in [2.24, 2.45) is 5.92 Å². The minimum atomic E-state index is 0.448. The van der Waals surface area contributed by atoms with Crippen molar-refractivity contribution in [3.63, 3.8) is 0 Å². The fourth-order valence-electron chi connectivity index (χ4n) is 2.81. The molecule has 1 heterocycles. The maximum absolute atomic E-state index is 5.57. The monoisotopic (exact) mass is 270 g/mol. The van der Waals surface area contributed by atoms with E-state index >= 15 is 0 Å². The van der Waals surface area contributed by atoms with E-state index < -0.39 is 0 Å². The van der Waals surface area contributed by atoms with Gasteiger partial charge in [-0.05, 0) is 44.8 Å². The second-order valence-corrected chi connectivity index (χ2v) is 6.36. The maximum atomic E-state index is 5.57. The summed E-state index contributed by atoms with van der Waals surface area (Å²) in [5.41, 5.74) is 0. The van der Waals surface area contributed by atoms with E-state index in [1.165, 1.54) is 51.7 Å². The first-order valence-electron chi connectivity index (χ1n) is 8.12.